The number of hydrogen-bond acceptors (Lipinski definition) is 2. The molecule has 2 unspecified atom stereocenters. The fourth-order valence-corrected chi connectivity index (χ4v) is 2.84. The van der Waals surface area contributed by atoms with E-state index in [1.165, 1.54) is 12.1 Å². The molecule has 1 aliphatic rings. The summed E-state index contributed by atoms with van der Waals surface area (Å²) in [6.07, 6.45) is 1.89. The van der Waals surface area contributed by atoms with Gasteiger partial charge in [-0.05, 0) is 43.0 Å². The fraction of sp³-hybridized carbons (Fsp3) is 0.500. The van der Waals surface area contributed by atoms with Crippen LogP contribution in [0.5, 0.6) is 0 Å². The summed E-state index contributed by atoms with van der Waals surface area (Å²) in [6.45, 7) is 3.12. The van der Waals surface area contributed by atoms with Gasteiger partial charge in [0.05, 0.1) is 5.02 Å². The fourth-order valence-electron chi connectivity index (χ4n) is 2.72. The number of hydrogen-bond donors (Lipinski definition) is 1. The topological polar surface area (TPSA) is 40.5 Å². The quantitative estimate of drug-likeness (QED) is 0.927. The van der Waals surface area contributed by atoms with Crippen LogP contribution in [0.2, 0.25) is 5.02 Å². The van der Waals surface area contributed by atoms with E-state index in [2.05, 4.69) is 0 Å². The third-order valence-corrected chi connectivity index (χ3v) is 3.97. The van der Waals surface area contributed by atoms with Crippen molar-refractivity contribution in [2.24, 2.45) is 5.92 Å². The molecule has 2 rings (SSSR count). The zero-order valence-corrected chi connectivity index (χ0v) is 11.5. The molecule has 1 aromatic carbocycles. The second-order valence-corrected chi connectivity index (χ2v) is 5.53. The number of piperidine rings is 1. The summed E-state index contributed by atoms with van der Waals surface area (Å²) in [7, 11) is 0. The minimum Gasteiger partial charge on any atom is -0.480 e. The normalized spacial score (nSPS) is 24.4. The maximum Gasteiger partial charge on any atom is 0.321 e. The SMILES string of the molecule is CC1CCCN(Cc2ccc(Cl)c(F)c2)C1C(=O)O. The van der Waals surface area contributed by atoms with Gasteiger partial charge in [-0.15, -0.1) is 0 Å². The molecular weight excluding hydrogens is 269 g/mol. The Morgan fingerprint density at radius 2 is 2.32 bits per heavy atom. The molecule has 3 nitrogen and oxygen atoms in total. The lowest BCUT2D eigenvalue weighted by molar-refractivity contribution is -0.147. The number of carbonyl (C=O) groups is 1. The number of rotatable bonds is 3. The average molecular weight is 286 g/mol. The summed E-state index contributed by atoms with van der Waals surface area (Å²) in [4.78, 5) is 13.3. The molecule has 5 heteroatoms. The molecule has 0 aromatic heterocycles. The van der Waals surface area contributed by atoms with Crippen molar-refractivity contribution in [1.29, 1.82) is 0 Å². The molecule has 1 fully saturated rings. The van der Waals surface area contributed by atoms with Crippen LogP contribution in [0.4, 0.5) is 4.39 Å². The Labute approximate surface area is 117 Å². The Kier molecular flexibility index (Phi) is 4.42. The molecule has 0 aliphatic carbocycles. The highest BCUT2D eigenvalue weighted by molar-refractivity contribution is 6.30. The average Bonchev–Trinajstić information content (AvgIpc) is 2.33. The number of nitrogens with zero attached hydrogens (tertiary/aromatic N) is 1. The standard InChI is InChI=1S/C14H17ClFNO2/c1-9-3-2-6-17(13(9)14(18)19)8-10-4-5-11(15)12(16)7-10/h4-5,7,9,13H,2-3,6,8H2,1H3,(H,18,19). The predicted octanol–water partition coefficient (Wildman–Crippen LogP) is 3.16. The van der Waals surface area contributed by atoms with Crippen molar-refractivity contribution < 1.29 is 14.3 Å². The van der Waals surface area contributed by atoms with Gasteiger partial charge in [-0.25, -0.2) is 4.39 Å². The van der Waals surface area contributed by atoms with Gasteiger partial charge in [0, 0.05) is 6.54 Å². The van der Waals surface area contributed by atoms with Gasteiger partial charge in [-0.3, -0.25) is 9.69 Å². The van der Waals surface area contributed by atoms with Gasteiger partial charge < -0.3 is 5.11 Å². The van der Waals surface area contributed by atoms with Crippen LogP contribution in [0.25, 0.3) is 0 Å². The smallest absolute Gasteiger partial charge is 0.321 e. The van der Waals surface area contributed by atoms with Crippen molar-refractivity contribution in [2.45, 2.75) is 32.4 Å². The second-order valence-electron chi connectivity index (χ2n) is 5.12. The molecule has 19 heavy (non-hydrogen) atoms. The van der Waals surface area contributed by atoms with Gasteiger partial charge in [0.25, 0.3) is 0 Å². The highest BCUT2D eigenvalue weighted by Crippen LogP contribution is 2.26. The highest BCUT2D eigenvalue weighted by atomic mass is 35.5. The minimum absolute atomic E-state index is 0.0885. The summed E-state index contributed by atoms with van der Waals surface area (Å²) < 4.78 is 13.4. The van der Waals surface area contributed by atoms with Crippen molar-refractivity contribution >= 4 is 17.6 Å². The van der Waals surface area contributed by atoms with Gasteiger partial charge in [0.1, 0.15) is 11.9 Å². The van der Waals surface area contributed by atoms with Crippen molar-refractivity contribution in [2.75, 3.05) is 6.54 Å². The number of likely N-dealkylation sites (tertiary alicyclic amines) is 1. The van der Waals surface area contributed by atoms with Crippen molar-refractivity contribution in [3.8, 4) is 0 Å². The Morgan fingerprint density at radius 3 is 2.95 bits per heavy atom. The molecule has 104 valence electrons. The maximum atomic E-state index is 13.4. The van der Waals surface area contributed by atoms with Crippen LogP contribution in [0.15, 0.2) is 18.2 Å². The maximum absolute atomic E-state index is 13.4. The van der Waals surface area contributed by atoms with E-state index in [4.69, 9.17) is 11.6 Å². The largest absolute Gasteiger partial charge is 0.480 e. The summed E-state index contributed by atoms with van der Waals surface area (Å²) in [5.41, 5.74) is 0.752. The van der Waals surface area contributed by atoms with Gasteiger partial charge in [0.2, 0.25) is 0 Å². The molecule has 0 amide bonds. The zero-order valence-electron chi connectivity index (χ0n) is 10.8. The molecule has 1 saturated heterocycles. The van der Waals surface area contributed by atoms with Crippen molar-refractivity contribution in [3.05, 3.63) is 34.6 Å². The molecule has 2 atom stereocenters. The Morgan fingerprint density at radius 1 is 1.58 bits per heavy atom. The third-order valence-electron chi connectivity index (χ3n) is 3.66. The van der Waals surface area contributed by atoms with Crippen LogP contribution in [0.1, 0.15) is 25.3 Å². The van der Waals surface area contributed by atoms with E-state index < -0.39 is 17.8 Å². The molecule has 0 spiro atoms. The van der Waals surface area contributed by atoms with Crippen LogP contribution >= 0.6 is 11.6 Å². The third kappa shape index (κ3) is 3.25. The van der Waals surface area contributed by atoms with Gasteiger partial charge >= 0.3 is 5.97 Å². The molecule has 1 aliphatic heterocycles. The number of carboxylic acid groups (broad SMARTS) is 1. The first kappa shape index (κ1) is 14.3. The first-order valence-electron chi connectivity index (χ1n) is 6.40. The first-order valence-corrected chi connectivity index (χ1v) is 6.77. The van der Waals surface area contributed by atoms with E-state index in [0.717, 1.165) is 24.9 Å². The van der Waals surface area contributed by atoms with Crippen LogP contribution < -0.4 is 0 Å². The summed E-state index contributed by atoms with van der Waals surface area (Å²) in [5, 5.41) is 9.41. The summed E-state index contributed by atoms with van der Waals surface area (Å²) in [5.74, 6) is -1.15. The van der Waals surface area contributed by atoms with E-state index in [9.17, 15) is 14.3 Å². The van der Waals surface area contributed by atoms with E-state index >= 15 is 0 Å². The molecule has 0 saturated carbocycles. The number of halogens is 2. The van der Waals surface area contributed by atoms with Crippen molar-refractivity contribution in [1.82, 2.24) is 4.90 Å². The second kappa shape index (κ2) is 5.88. The Bertz CT molecular complexity index is 481. The van der Waals surface area contributed by atoms with E-state index in [1.807, 2.05) is 11.8 Å². The highest BCUT2D eigenvalue weighted by Gasteiger charge is 2.33. The molecule has 1 N–H and O–H groups in total. The monoisotopic (exact) mass is 285 g/mol. The van der Waals surface area contributed by atoms with Crippen LogP contribution in [-0.4, -0.2) is 28.6 Å². The zero-order chi connectivity index (χ0) is 14.0. The van der Waals surface area contributed by atoms with E-state index in [1.54, 1.807) is 6.07 Å². The first-order chi connectivity index (χ1) is 8.99. The van der Waals surface area contributed by atoms with E-state index in [0.29, 0.717) is 6.54 Å². The number of benzene rings is 1. The molecule has 1 heterocycles. The lowest BCUT2D eigenvalue weighted by Gasteiger charge is -2.37. The molecular formula is C14H17ClFNO2. The predicted molar refractivity (Wildman–Crippen MR) is 71.6 cm³/mol. The molecule has 1 aromatic rings. The summed E-state index contributed by atoms with van der Waals surface area (Å²) >= 11 is 5.64. The lowest BCUT2D eigenvalue weighted by Crippen LogP contribution is -2.48. The Hall–Kier alpha value is -1.13. The summed E-state index contributed by atoms with van der Waals surface area (Å²) in [6, 6.07) is 4.13. The molecule has 0 radical (unpaired) electrons. The van der Waals surface area contributed by atoms with Gasteiger partial charge in [-0.2, -0.15) is 0 Å². The van der Waals surface area contributed by atoms with E-state index in [-0.39, 0.29) is 10.9 Å². The van der Waals surface area contributed by atoms with Crippen LogP contribution in [-0.2, 0) is 11.3 Å². The lowest BCUT2D eigenvalue weighted by atomic mass is 9.90. The molecule has 0 bridgehead atoms. The van der Waals surface area contributed by atoms with Crippen molar-refractivity contribution in [3.63, 3.8) is 0 Å². The number of aliphatic carboxylic acids is 1. The van der Waals surface area contributed by atoms with Crippen LogP contribution in [0, 0.1) is 11.7 Å². The minimum atomic E-state index is -0.804. The van der Waals surface area contributed by atoms with Crippen LogP contribution in [0.3, 0.4) is 0 Å². The van der Waals surface area contributed by atoms with Gasteiger partial charge in [-0.1, -0.05) is 24.6 Å². The Balaban J connectivity index is 2.15. The number of carboxylic acids is 1. The van der Waals surface area contributed by atoms with Gasteiger partial charge in [0.15, 0.2) is 0 Å².